The number of carbonyl (C=O) groups excluding carboxylic acids is 2. The Bertz CT molecular complexity index is 695. The van der Waals surface area contributed by atoms with Gasteiger partial charge in [0.2, 0.25) is 0 Å². The highest BCUT2D eigenvalue weighted by molar-refractivity contribution is 6.02. The van der Waals surface area contributed by atoms with Gasteiger partial charge in [-0.15, -0.1) is 0 Å². The van der Waals surface area contributed by atoms with Crippen LogP contribution in [0.4, 0.5) is 0 Å². The maximum absolute atomic E-state index is 12.7. The van der Waals surface area contributed by atoms with Gasteiger partial charge in [0.15, 0.2) is 0 Å². The van der Waals surface area contributed by atoms with Gasteiger partial charge in [-0.1, -0.05) is 53.9 Å². The fraction of sp³-hybridized carbons (Fsp3) is 0.931. The van der Waals surface area contributed by atoms with Crippen LogP contribution in [0.3, 0.4) is 0 Å². The van der Waals surface area contributed by atoms with Crippen molar-refractivity contribution < 1.29 is 9.59 Å². The zero-order valence-electron chi connectivity index (χ0n) is 21.2. The van der Waals surface area contributed by atoms with Crippen molar-refractivity contribution in [1.29, 1.82) is 0 Å². The average Bonchev–Trinajstić information content (AvgIpc) is 3.05. The van der Waals surface area contributed by atoms with E-state index < -0.39 is 0 Å². The summed E-state index contributed by atoms with van der Waals surface area (Å²) in [4.78, 5) is 24.9. The second kappa shape index (κ2) is 8.60. The zero-order valence-corrected chi connectivity index (χ0v) is 21.2. The third kappa shape index (κ3) is 3.97. The smallest absolute Gasteiger partial charge is 0.143 e. The molecule has 4 rings (SSSR count). The van der Waals surface area contributed by atoms with Crippen molar-refractivity contribution in [1.82, 2.24) is 0 Å². The van der Waals surface area contributed by atoms with Gasteiger partial charge in [0.25, 0.3) is 0 Å². The predicted molar refractivity (Wildman–Crippen MR) is 128 cm³/mol. The summed E-state index contributed by atoms with van der Waals surface area (Å²) < 4.78 is 0. The van der Waals surface area contributed by atoms with Crippen LogP contribution in [0.2, 0.25) is 0 Å². The first kappa shape index (κ1) is 23.5. The Balaban J connectivity index is 1.50. The van der Waals surface area contributed by atoms with Crippen LogP contribution in [0.15, 0.2) is 0 Å². The average molecular weight is 429 g/mol. The van der Waals surface area contributed by atoms with Gasteiger partial charge >= 0.3 is 0 Å². The SMILES string of the molecule is CC(=O)C1C[C@@]2(C)C(CC[C@H]3[C@@H]4CC[C@H]([C@H](C)CCCC(C)C)[C@@]4(C)CC[C@@H]32)CC1=O. The number of rotatable bonds is 6. The summed E-state index contributed by atoms with van der Waals surface area (Å²) in [7, 11) is 0. The summed E-state index contributed by atoms with van der Waals surface area (Å²) in [5.41, 5.74) is 0.724. The highest BCUT2D eigenvalue weighted by atomic mass is 16.1. The monoisotopic (exact) mass is 428 g/mol. The molecule has 4 aliphatic rings. The Morgan fingerprint density at radius 1 is 0.968 bits per heavy atom. The highest BCUT2D eigenvalue weighted by Gasteiger charge is 2.61. The van der Waals surface area contributed by atoms with Gasteiger partial charge in [-0.25, -0.2) is 0 Å². The number of fused-ring (bicyclic) bond motifs is 5. The lowest BCUT2D eigenvalue weighted by atomic mass is 9.43. The van der Waals surface area contributed by atoms with Crippen molar-refractivity contribution in [2.45, 2.75) is 112 Å². The molecule has 0 aliphatic heterocycles. The molecule has 0 bridgehead atoms. The number of hydrogen-bond acceptors (Lipinski definition) is 2. The molecular formula is C29H48O2. The molecule has 0 radical (unpaired) electrons. The summed E-state index contributed by atoms with van der Waals surface area (Å²) in [6.07, 6.45) is 13.8. The van der Waals surface area contributed by atoms with Crippen LogP contribution in [0, 0.1) is 58.2 Å². The first-order valence-electron chi connectivity index (χ1n) is 13.6. The van der Waals surface area contributed by atoms with E-state index in [9.17, 15) is 9.59 Å². The molecule has 0 aromatic rings. The molecule has 0 amide bonds. The van der Waals surface area contributed by atoms with Gasteiger partial charge in [0, 0.05) is 6.42 Å². The Hall–Kier alpha value is -0.660. The van der Waals surface area contributed by atoms with Crippen molar-refractivity contribution in [2.75, 3.05) is 0 Å². The zero-order chi connectivity index (χ0) is 22.6. The van der Waals surface area contributed by atoms with E-state index in [0.29, 0.717) is 17.8 Å². The Labute approximate surface area is 191 Å². The normalized spacial score (nSPS) is 45.7. The minimum absolute atomic E-state index is 0.114. The van der Waals surface area contributed by atoms with Gasteiger partial charge in [-0.2, -0.15) is 0 Å². The minimum Gasteiger partial charge on any atom is -0.299 e. The summed E-state index contributed by atoms with van der Waals surface area (Å²) in [6.45, 7) is 14.0. The van der Waals surface area contributed by atoms with Gasteiger partial charge in [0.1, 0.15) is 11.6 Å². The van der Waals surface area contributed by atoms with Crippen LogP contribution in [0.25, 0.3) is 0 Å². The molecule has 4 fully saturated rings. The third-order valence-corrected chi connectivity index (χ3v) is 11.2. The number of hydrogen-bond donors (Lipinski definition) is 0. The first-order chi connectivity index (χ1) is 14.6. The van der Waals surface area contributed by atoms with Gasteiger partial charge < -0.3 is 0 Å². The van der Waals surface area contributed by atoms with E-state index >= 15 is 0 Å². The van der Waals surface area contributed by atoms with E-state index in [-0.39, 0.29) is 22.9 Å². The number of Topliss-reactive ketones (excluding diaryl/α,β-unsaturated/α-hetero) is 2. The summed E-state index contributed by atoms with van der Waals surface area (Å²) in [5.74, 6) is 5.57. The van der Waals surface area contributed by atoms with Crippen molar-refractivity contribution in [2.24, 2.45) is 58.2 Å². The molecule has 0 heterocycles. The van der Waals surface area contributed by atoms with Crippen LogP contribution >= 0.6 is 0 Å². The van der Waals surface area contributed by atoms with Crippen molar-refractivity contribution in [3.05, 3.63) is 0 Å². The van der Waals surface area contributed by atoms with E-state index in [0.717, 1.165) is 41.9 Å². The van der Waals surface area contributed by atoms with Crippen LogP contribution in [0.1, 0.15) is 112 Å². The predicted octanol–water partition coefficient (Wildman–Crippen LogP) is 7.49. The molecule has 31 heavy (non-hydrogen) atoms. The molecule has 2 nitrogen and oxygen atoms in total. The van der Waals surface area contributed by atoms with E-state index in [4.69, 9.17) is 0 Å². The van der Waals surface area contributed by atoms with E-state index in [1.54, 1.807) is 6.92 Å². The molecule has 0 N–H and O–H groups in total. The van der Waals surface area contributed by atoms with Crippen molar-refractivity contribution in [3.63, 3.8) is 0 Å². The second-order valence-corrected chi connectivity index (χ2v) is 13.2. The standard InChI is InChI=1S/C29H48O2/c1-18(2)8-7-9-19(3)24-12-13-25-22-11-10-21-16-27(31)23(20(4)30)17-29(21,6)26(22)14-15-28(24,25)5/h18-19,21-26H,7-17H2,1-6H3/t19-,21?,22+,23?,24-,25+,26+,28-,29+/m1/s1. The van der Waals surface area contributed by atoms with Gasteiger partial charge in [-0.05, 0) is 104 Å². The lowest BCUT2D eigenvalue weighted by Crippen LogP contribution is -2.55. The molecule has 0 aromatic carbocycles. The second-order valence-electron chi connectivity index (χ2n) is 13.2. The fourth-order valence-electron chi connectivity index (χ4n) is 9.52. The summed E-state index contributed by atoms with van der Waals surface area (Å²) in [6, 6.07) is 0. The third-order valence-electron chi connectivity index (χ3n) is 11.2. The van der Waals surface area contributed by atoms with Crippen molar-refractivity contribution >= 4 is 11.6 Å². The maximum Gasteiger partial charge on any atom is 0.143 e. The van der Waals surface area contributed by atoms with E-state index in [2.05, 4.69) is 34.6 Å². The molecule has 0 aromatic heterocycles. The molecule has 9 atom stereocenters. The summed E-state index contributed by atoms with van der Waals surface area (Å²) >= 11 is 0. The Kier molecular flexibility index (Phi) is 6.52. The molecule has 0 saturated heterocycles. The van der Waals surface area contributed by atoms with Crippen LogP contribution in [-0.2, 0) is 9.59 Å². The molecule has 2 heteroatoms. The Morgan fingerprint density at radius 3 is 2.35 bits per heavy atom. The summed E-state index contributed by atoms with van der Waals surface area (Å²) in [5, 5.41) is 0. The molecule has 4 aliphatic carbocycles. The lowest BCUT2D eigenvalue weighted by molar-refractivity contribution is -0.153. The molecule has 0 spiro atoms. The lowest BCUT2D eigenvalue weighted by Gasteiger charge is -2.61. The topological polar surface area (TPSA) is 34.1 Å². The molecule has 2 unspecified atom stereocenters. The van der Waals surface area contributed by atoms with Gasteiger partial charge in [0.05, 0.1) is 5.92 Å². The van der Waals surface area contributed by atoms with Crippen molar-refractivity contribution in [3.8, 4) is 0 Å². The maximum atomic E-state index is 12.7. The quantitative estimate of drug-likeness (QED) is 0.411. The van der Waals surface area contributed by atoms with Crippen LogP contribution < -0.4 is 0 Å². The van der Waals surface area contributed by atoms with Crippen LogP contribution in [-0.4, -0.2) is 11.6 Å². The largest absolute Gasteiger partial charge is 0.299 e. The van der Waals surface area contributed by atoms with E-state index in [1.807, 2.05) is 0 Å². The molecular weight excluding hydrogens is 380 g/mol. The van der Waals surface area contributed by atoms with Gasteiger partial charge in [-0.3, -0.25) is 9.59 Å². The fourth-order valence-corrected chi connectivity index (χ4v) is 9.52. The number of carbonyl (C=O) groups is 2. The highest BCUT2D eigenvalue weighted by Crippen LogP contribution is 2.68. The molecule has 176 valence electrons. The minimum atomic E-state index is -0.314. The first-order valence-corrected chi connectivity index (χ1v) is 13.6. The number of ketones is 2. The Morgan fingerprint density at radius 2 is 1.68 bits per heavy atom. The van der Waals surface area contributed by atoms with Crippen LogP contribution in [0.5, 0.6) is 0 Å². The van der Waals surface area contributed by atoms with E-state index in [1.165, 1.54) is 57.8 Å². The molecule has 4 saturated carbocycles.